The Hall–Kier alpha value is -0.790. The van der Waals surface area contributed by atoms with E-state index in [-0.39, 0.29) is 5.03 Å². The molecule has 0 N–H and O–H groups in total. The van der Waals surface area contributed by atoms with Gasteiger partial charge in [-0.25, -0.2) is 4.79 Å². The zero-order valence-electron chi connectivity index (χ0n) is 5.68. The second-order valence-electron chi connectivity index (χ2n) is 1.70. The van der Waals surface area contributed by atoms with Gasteiger partial charge >= 0.3 is 5.97 Å². The first kappa shape index (κ1) is 9.21. The molecular weight excluding hydrogens is 156 g/mol. The number of carbonyl (C=O) groups excluding carboxylic acids is 2. The second kappa shape index (κ2) is 4.09. The zero-order chi connectivity index (χ0) is 8.15. The van der Waals surface area contributed by atoms with Gasteiger partial charge in [0.1, 0.15) is 17.1 Å². The van der Waals surface area contributed by atoms with Crippen molar-refractivity contribution < 1.29 is 14.3 Å². The molecular formula is C6H7ClO3. The Kier molecular flexibility index (Phi) is 3.77. The van der Waals surface area contributed by atoms with E-state index in [4.69, 9.17) is 11.6 Å². The van der Waals surface area contributed by atoms with Crippen molar-refractivity contribution in [3.8, 4) is 0 Å². The highest BCUT2D eigenvalue weighted by atomic mass is 35.5. The standard InChI is InChI=1S/C6H7ClO3/c1-4(6(7)3-8)10-5(2)9/h4H,1-2H3. The van der Waals surface area contributed by atoms with Gasteiger partial charge in [-0.1, -0.05) is 11.6 Å². The van der Waals surface area contributed by atoms with Gasteiger partial charge in [-0.2, -0.15) is 0 Å². The number of ether oxygens (including phenoxy) is 1. The molecule has 0 spiro atoms. The van der Waals surface area contributed by atoms with Crippen LogP contribution in [-0.2, 0) is 14.3 Å². The highest BCUT2D eigenvalue weighted by Crippen LogP contribution is 2.06. The van der Waals surface area contributed by atoms with Crippen LogP contribution >= 0.6 is 11.6 Å². The van der Waals surface area contributed by atoms with Crippen LogP contribution in [0.25, 0.3) is 0 Å². The molecule has 10 heavy (non-hydrogen) atoms. The van der Waals surface area contributed by atoms with Gasteiger partial charge in [0.15, 0.2) is 0 Å². The lowest BCUT2D eigenvalue weighted by Gasteiger charge is -2.06. The van der Waals surface area contributed by atoms with Gasteiger partial charge < -0.3 is 4.74 Å². The molecule has 0 amide bonds. The molecule has 0 fully saturated rings. The quantitative estimate of drug-likeness (QED) is 0.448. The van der Waals surface area contributed by atoms with Crippen LogP contribution in [0.5, 0.6) is 0 Å². The van der Waals surface area contributed by atoms with Crippen LogP contribution in [0, 0.1) is 0 Å². The van der Waals surface area contributed by atoms with E-state index in [2.05, 4.69) is 4.74 Å². The summed E-state index contributed by atoms with van der Waals surface area (Å²) in [4.78, 5) is 20.1. The van der Waals surface area contributed by atoms with E-state index in [1.807, 2.05) is 0 Å². The summed E-state index contributed by atoms with van der Waals surface area (Å²) >= 11 is 5.28. The van der Waals surface area contributed by atoms with Crippen LogP contribution in [0.1, 0.15) is 13.8 Å². The van der Waals surface area contributed by atoms with E-state index >= 15 is 0 Å². The maximum atomic E-state index is 10.3. The first-order valence-corrected chi connectivity index (χ1v) is 3.03. The van der Waals surface area contributed by atoms with E-state index in [9.17, 15) is 9.59 Å². The van der Waals surface area contributed by atoms with E-state index in [0.717, 1.165) is 0 Å². The summed E-state index contributed by atoms with van der Waals surface area (Å²) in [5, 5.41) is -0.129. The van der Waals surface area contributed by atoms with E-state index < -0.39 is 12.1 Å². The number of rotatable bonds is 2. The summed E-state index contributed by atoms with van der Waals surface area (Å²) < 4.78 is 4.53. The molecule has 0 bridgehead atoms. The van der Waals surface area contributed by atoms with Crippen molar-refractivity contribution in [1.82, 2.24) is 0 Å². The van der Waals surface area contributed by atoms with Crippen molar-refractivity contribution in [2.24, 2.45) is 0 Å². The molecule has 0 heterocycles. The molecule has 0 radical (unpaired) electrons. The van der Waals surface area contributed by atoms with E-state index in [0.29, 0.717) is 0 Å². The lowest BCUT2D eigenvalue weighted by molar-refractivity contribution is -0.143. The van der Waals surface area contributed by atoms with Gasteiger partial charge in [-0.05, 0) is 6.92 Å². The zero-order valence-corrected chi connectivity index (χ0v) is 6.44. The molecule has 1 unspecified atom stereocenters. The summed E-state index contributed by atoms with van der Waals surface area (Å²) in [7, 11) is 0. The molecule has 0 aliphatic carbocycles. The Morgan fingerprint density at radius 2 is 2.20 bits per heavy atom. The fourth-order valence-electron chi connectivity index (χ4n) is 0.384. The summed E-state index contributed by atoms with van der Waals surface area (Å²) in [6.45, 7) is 2.74. The van der Waals surface area contributed by atoms with Crippen LogP contribution in [0.2, 0.25) is 0 Å². The molecule has 0 aliphatic rings. The summed E-state index contributed by atoms with van der Waals surface area (Å²) in [6, 6.07) is 0. The van der Waals surface area contributed by atoms with Crippen LogP contribution in [0.15, 0.2) is 5.03 Å². The number of hydrogen-bond acceptors (Lipinski definition) is 3. The minimum Gasteiger partial charge on any atom is -0.456 e. The van der Waals surface area contributed by atoms with Gasteiger partial charge in [-0.3, -0.25) is 4.79 Å². The predicted octanol–water partition coefficient (Wildman–Crippen LogP) is 0.892. The van der Waals surface area contributed by atoms with Gasteiger partial charge in [0.05, 0.1) is 0 Å². The molecule has 0 aromatic heterocycles. The number of esters is 1. The highest BCUT2D eigenvalue weighted by molar-refractivity contribution is 6.33. The van der Waals surface area contributed by atoms with Crippen molar-refractivity contribution >= 4 is 23.5 Å². The predicted molar refractivity (Wildman–Crippen MR) is 36.3 cm³/mol. The first-order chi connectivity index (χ1) is 4.57. The SMILES string of the molecule is CC(=O)OC(C)C(Cl)=C=O. The minimum atomic E-state index is -0.684. The Bertz CT molecular complexity index is 181. The van der Waals surface area contributed by atoms with Crippen molar-refractivity contribution in [3.05, 3.63) is 5.03 Å². The van der Waals surface area contributed by atoms with Gasteiger partial charge in [0, 0.05) is 6.92 Å². The minimum absolute atomic E-state index is 0.129. The molecule has 0 aromatic rings. The molecule has 56 valence electrons. The van der Waals surface area contributed by atoms with Crippen molar-refractivity contribution in [2.45, 2.75) is 20.0 Å². The van der Waals surface area contributed by atoms with Crippen LogP contribution < -0.4 is 0 Å². The lowest BCUT2D eigenvalue weighted by Crippen LogP contribution is -2.12. The topological polar surface area (TPSA) is 43.4 Å². The normalized spacial score (nSPS) is 11.5. The van der Waals surface area contributed by atoms with Crippen LogP contribution in [0.4, 0.5) is 0 Å². The average Bonchev–Trinajstić information content (AvgIpc) is 1.85. The monoisotopic (exact) mass is 162 g/mol. The smallest absolute Gasteiger partial charge is 0.303 e. The second-order valence-corrected chi connectivity index (χ2v) is 2.11. The third kappa shape index (κ3) is 3.28. The Labute approximate surface area is 63.6 Å². The molecule has 3 nitrogen and oxygen atoms in total. The summed E-state index contributed by atoms with van der Waals surface area (Å²) in [5.74, 6) is 0.954. The van der Waals surface area contributed by atoms with Crippen molar-refractivity contribution in [3.63, 3.8) is 0 Å². The Balaban J connectivity index is 3.97. The molecule has 1 atom stereocenters. The lowest BCUT2D eigenvalue weighted by atomic mass is 10.4. The molecule has 4 heteroatoms. The number of halogens is 1. The van der Waals surface area contributed by atoms with Gasteiger partial charge in [0.25, 0.3) is 0 Å². The largest absolute Gasteiger partial charge is 0.456 e. The van der Waals surface area contributed by atoms with E-state index in [1.54, 1.807) is 0 Å². The Morgan fingerprint density at radius 1 is 1.70 bits per heavy atom. The Morgan fingerprint density at radius 3 is 2.50 bits per heavy atom. The molecule has 0 saturated heterocycles. The van der Waals surface area contributed by atoms with E-state index in [1.165, 1.54) is 19.8 Å². The van der Waals surface area contributed by atoms with Crippen LogP contribution in [0.3, 0.4) is 0 Å². The fourth-order valence-corrected chi connectivity index (χ4v) is 0.428. The third-order valence-corrected chi connectivity index (χ3v) is 1.18. The number of hydrogen-bond donors (Lipinski definition) is 0. The summed E-state index contributed by atoms with van der Waals surface area (Å²) in [5.41, 5.74) is 0. The van der Waals surface area contributed by atoms with Crippen LogP contribution in [-0.4, -0.2) is 18.0 Å². The number of carbonyl (C=O) groups is 1. The molecule has 0 rings (SSSR count). The fraction of sp³-hybridized carbons (Fsp3) is 0.500. The molecule has 0 aromatic carbocycles. The highest BCUT2D eigenvalue weighted by Gasteiger charge is 2.09. The van der Waals surface area contributed by atoms with Crippen molar-refractivity contribution in [2.75, 3.05) is 0 Å². The maximum absolute atomic E-state index is 10.3. The van der Waals surface area contributed by atoms with Crippen molar-refractivity contribution in [1.29, 1.82) is 0 Å². The summed E-state index contributed by atoms with van der Waals surface area (Å²) in [6.07, 6.45) is -0.684. The molecule has 0 aliphatic heterocycles. The van der Waals surface area contributed by atoms with Gasteiger partial charge in [0.2, 0.25) is 0 Å². The van der Waals surface area contributed by atoms with Gasteiger partial charge in [-0.15, -0.1) is 0 Å². The average molecular weight is 163 g/mol. The first-order valence-electron chi connectivity index (χ1n) is 2.65. The molecule has 0 saturated carbocycles. The maximum Gasteiger partial charge on any atom is 0.303 e. The third-order valence-electron chi connectivity index (χ3n) is 0.797.